The quantitative estimate of drug-likeness (QED) is 0.781. The largest absolute Gasteiger partial charge is 0.347 e. The average molecular weight is 271 g/mol. The Labute approximate surface area is 117 Å². The molecule has 1 saturated heterocycles. The zero-order chi connectivity index (χ0) is 13.9. The Kier molecular flexibility index (Phi) is 5.20. The van der Waals surface area contributed by atoms with E-state index in [1.807, 2.05) is 0 Å². The first-order valence-corrected chi connectivity index (χ1v) is 7.36. The summed E-state index contributed by atoms with van der Waals surface area (Å²) in [6, 6.07) is 1.02. The lowest BCUT2D eigenvalue weighted by atomic mass is 9.85. The van der Waals surface area contributed by atoms with Crippen molar-refractivity contribution >= 4 is 0 Å². The number of hydrogen-bond donors (Lipinski definition) is 1. The molecule has 1 aliphatic carbocycles. The average Bonchev–Trinajstić information content (AvgIpc) is 2.84. The van der Waals surface area contributed by atoms with E-state index in [0.717, 1.165) is 45.6 Å². The highest BCUT2D eigenvalue weighted by atomic mass is 16.7. The van der Waals surface area contributed by atoms with Gasteiger partial charge in [0, 0.05) is 38.0 Å². The molecule has 1 aliphatic heterocycles. The summed E-state index contributed by atoms with van der Waals surface area (Å²) < 4.78 is 11.8. The van der Waals surface area contributed by atoms with E-state index < -0.39 is 0 Å². The predicted octanol–water partition coefficient (Wildman–Crippen LogP) is 0.363. The molecule has 5 nitrogen and oxygen atoms in total. The van der Waals surface area contributed by atoms with Crippen molar-refractivity contribution in [3.63, 3.8) is 0 Å². The summed E-state index contributed by atoms with van der Waals surface area (Å²) in [6.45, 7) is 3.65. The van der Waals surface area contributed by atoms with Gasteiger partial charge in [-0.2, -0.15) is 0 Å². The van der Waals surface area contributed by atoms with Crippen LogP contribution in [0, 0.1) is 0 Å². The molecule has 5 heteroatoms. The highest BCUT2D eigenvalue weighted by molar-refractivity contribution is 4.95. The van der Waals surface area contributed by atoms with Crippen molar-refractivity contribution in [2.75, 3.05) is 54.5 Å². The van der Waals surface area contributed by atoms with Crippen LogP contribution in [0.5, 0.6) is 0 Å². The number of ether oxygens (including phenoxy) is 2. The van der Waals surface area contributed by atoms with E-state index >= 15 is 0 Å². The van der Waals surface area contributed by atoms with Crippen molar-refractivity contribution in [3.8, 4) is 0 Å². The van der Waals surface area contributed by atoms with Gasteiger partial charge < -0.3 is 24.6 Å². The van der Waals surface area contributed by atoms with Crippen molar-refractivity contribution in [1.82, 2.24) is 15.1 Å². The van der Waals surface area contributed by atoms with Crippen LogP contribution in [0.4, 0.5) is 0 Å². The van der Waals surface area contributed by atoms with Gasteiger partial charge in [-0.15, -0.1) is 0 Å². The summed E-state index contributed by atoms with van der Waals surface area (Å²) in [5.74, 6) is -0.301. The Morgan fingerprint density at radius 3 is 2.42 bits per heavy atom. The first-order chi connectivity index (χ1) is 9.06. The second-order valence-electron chi connectivity index (χ2n) is 6.10. The molecule has 2 fully saturated rings. The third-order valence-corrected chi connectivity index (χ3v) is 4.47. The third kappa shape index (κ3) is 3.67. The molecule has 19 heavy (non-hydrogen) atoms. The Hall–Kier alpha value is -0.200. The van der Waals surface area contributed by atoms with Crippen LogP contribution in [0.1, 0.15) is 19.3 Å². The molecule has 1 heterocycles. The van der Waals surface area contributed by atoms with Gasteiger partial charge in [-0.3, -0.25) is 0 Å². The second kappa shape index (κ2) is 6.50. The summed E-state index contributed by atoms with van der Waals surface area (Å²) in [5.41, 5.74) is 0. The van der Waals surface area contributed by atoms with Gasteiger partial charge in [0.25, 0.3) is 0 Å². The molecule has 1 spiro atoms. The molecule has 1 saturated carbocycles. The van der Waals surface area contributed by atoms with Crippen molar-refractivity contribution in [2.24, 2.45) is 0 Å². The first kappa shape index (κ1) is 15.2. The van der Waals surface area contributed by atoms with Crippen LogP contribution < -0.4 is 5.32 Å². The van der Waals surface area contributed by atoms with Crippen LogP contribution >= 0.6 is 0 Å². The SMILES string of the molecule is CNC1CCC2(CC1N(C)CCN(C)C)OCCO2. The van der Waals surface area contributed by atoms with Gasteiger partial charge in [0.05, 0.1) is 13.2 Å². The van der Waals surface area contributed by atoms with E-state index in [9.17, 15) is 0 Å². The zero-order valence-corrected chi connectivity index (χ0v) is 12.8. The standard InChI is InChI=1S/C14H29N3O2/c1-15-12-5-6-14(18-9-10-19-14)11-13(12)17(4)8-7-16(2)3/h12-13,15H,5-11H2,1-4H3. The predicted molar refractivity (Wildman–Crippen MR) is 76.3 cm³/mol. The van der Waals surface area contributed by atoms with Crippen molar-refractivity contribution in [1.29, 1.82) is 0 Å². The maximum absolute atomic E-state index is 5.89. The number of nitrogens with zero attached hydrogens (tertiary/aromatic N) is 2. The van der Waals surface area contributed by atoms with Crippen molar-refractivity contribution in [3.05, 3.63) is 0 Å². The smallest absolute Gasteiger partial charge is 0.170 e. The van der Waals surface area contributed by atoms with Crippen LogP contribution in [0.15, 0.2) is 0 Å². The van der Waals surface area contributed by atoms with Crippen LogP contribution in [-0.4, -0.2) is 82.2 Å². The minimum atomic E-state index is -0.301. The first-order valence-electron chi connectivity index (χ1n) is 7.36. The molecule has 0 aromatic rings. The van der Waals surface area contributed by atoms with E-state index in [4.69, 9.17) is 9.47 Å². The van der Waals surface area contributed by atoms with Crippen LogP contribution in [0.2, 0.25) is 0 Å². The van der Waals surface area contributed by atoms with E-state index in [0.29, 0.717) is 12.1 Å². The summed E-state index contributed by atoms with van der Waals surface area (Å²) >= 11 is 0. The van der Waals surface area contributed by atoms with E-state index in [2.05, 4.69) is 43.3 Å². The summed E-state index contributed by atoms with van der Waals surface area (Å²) in [5, 5.41) is 3.46. The number of nitrogens with one attached hydrogen (secondary N) is 1. The van der Waals surface area contributed by atoms with Gasteiger partial charge >= 0.3 is 0 Å². The Morgan fingerprint density at radius 1 is 1.16 bits per heavy atom. The molecule has 2 aliphatic rings. The molecule has 1 N–H and O–H groups in total. The fourth-order valence-corrected chi connectivity index (χ4v) is 3.21. The highest BCUT2D eigenvalue weighted by Crippen LogP contribution is 2.37. The lowest BCUT2D eigenvalue weighted by Crippen LogP contribution is -2.57. The Morgan fingerprint density at radius 2 is 1.84 bits per heavy atom. The monoisotopic (exact) mass is 271 g/mol. The van der Waals surface area contributed by atoms with E-state index in [1.54, 1.807) is 0 Å². The minimum absolute atomic E-state index is 0.301. The number of likely N-dealkylation sites (N-methyl/N-ethyl adjacent to an activating group) is 3. The number of hydrogen-bond acceptors (Lipinski definition) is 5. The second-order valence-corrected chi connectivity index (χ2v) is 6.10. The Balaban J connectivity index is 1.96. The highest BCUT2D eigenvalue weighted by Gasteiger charge is 2.45. The van der Waals surface area contributed by atoms with Gasteiger partial charge in [0.1, 0.15) is 0 Å². The molecule has 2 atom stereocenters. The van der Waals surface area contributed by atoms with E-state index in [-0.39, 0.29) is 5.79 Å². The molecule has 0 bridgehead atoms. The topological polar surface area (TPSA) is 37.0 Å². The molecule has 2 unspecified atom stereocenters. The summed E-state index contributed by atoms with van der Waals surface area (Å²) in [4.78, 5) is 4.68. The lowest BCUT2D eigenvalue weighted by molar-refractivity contribution is -0.192. The molecule has 0 radical (unpaired) electrons. The maximum Gasteiger partial charge on any atom is 0.170 e. The van der Waals surface area contributed by atoms with Crippen LogP contribution in [0.3, 0.4) is 0 Å². The molecular weight excluding hydrogens is 242 g/mol. The van der Waals surface area contributed by atoms with Gasteiger partial charge in [0.2, 0.25) is 0 Å². The molecular formula is C14H29N3O2. The zero-order valence-electron chi connectivity index (χ0n) is 12.8. The maximum atomic E-state index is 5.89. The minimum Gasteiger partial charge on any atom is -0.347 e. The molecule has 0 aromatic carbocycles. The van der Waals surface area contributed by atoms with Gasteiger partial charge in [-0.25, -0.2) is 0 Å². The fourth-order valence-electron chi connectivity index (χ4n) is 3.21. The van der Waals surface area contributed by atoms with Gasteiger partial charge in [0.15, 0.2) is 5.79 Å². The lowest BCUT2D eigenvalue weighted by Gasteiger charge is -2.45. The molecule has 2 rings (SSSR count). The molecule has 112 valence electrons. The van der Waals surface area contributed by atoms with Crippen molar-refractivity contribution < 1.29 is 9.47 Å². The van der Waals surface area contributed by atoms with Crippen LogP contribution in [-0.2, 0) is 9.47 Å². The third-order valence-electron chi connectivity index (χ3n) is 4.47. The molecule has 0 aromatic heterocycles. The summed E-state index contributed by atoms with van der Waals surface area (Å²) in [7, 11) is 8.52. The van der Waals surface area contributed by atoms with Gasteiger partial charge in [-0.1, -0.05) is 0 Å². The fraction of sp³-hybridized carbons (Fsp3) is 1.00. The normalized spacial score (nSPS) is 30.6. The van der Waals surface area contributed by atoms with Gasteiger partial charge in [-0.05, 0) is 34.6 Å². The molecule has 0 amide bonds. The summed E-state index contributed by atoms with van der Waals surface area (Å²) in [6.07, 6.45) is 3.10. The van der Waals surface area contributed by atoms with Crippen molar-refractivity contribution in [2.45, 2.75) is 37.1 Å². The van der Waals surface area contributed by atoms with Crippen LogP contribution in [0.25, 0.3) is 0 Å². The van der Waals surface area contributed by atoms with E-state index in [1.165, 1.54) is 0 Å². The Bertz CT molecular complexity index is 280. The number of rotatable bonds is 5.